The zero-order chi connectivity index (χ0) is 49.7. The third-order valence-electron chi connectivity index (χ3n) is 15.4. The van der Waals surface area contributed by atoms with Gasteiger partial charge in [-0.15, -0.1) is 0 Å². The maximum Gasteiger partial charge on any atom is 0.179 e. The fourth-order valence-corrected chi connectivity index (χ4v) is 17.0. The minimum absolute atomic E-state index is 1.14. The second-order valence-electron chi connectivity index (χ2n) is 19.6. The summed E-state index contributed by atoms with van der Waals surface area (Å²) in [5.41, 5.74) is 16.4. The molecule has 0 aliphatic heterocycles. The quantitative estimate of drug-likeness (QED) is 0.0955. The molecule has 0 atom stereocenters. The summed E-state index contributed by atoms with van der Waals surface area (Å²) < 4.78 is 5.00. The minimum Gasteiger partial charge on any atom is -0.309 e. The summed E-state index contributed by atoms with van der Waals surface area (Å²) >= 11 is 0. The molecular formula is C72H50N2Si. The third-order valence-corrected chi connectivity index (χ3v) is 20.1. The number of nitrogens with zero attached hydrogens (tertiary/aromatic N) is 2. The second-order valence-corrected chi connectivity index (χ2v) is 23.4. The number of fused-ring (bicyclic) bond motifs is 6. The molecule has 2 aromatic heterocycles. The standard InChI is InChI=1S/C72H50N2Si/c1-7-25-51(26-8-1)55-45-56(52-27-9-2-10-28-52)47-60(46-55)75(58-33-15-5-16-34-58,59-35-17-6-18-36-59)61-49-65(53-29-11-3-12-30-53)72(66(50-61)54-31-13-4-14-32-54)74-70-42-24-21-39-64(70)67-48-57(43-44-71(67)74)73-68-40-22-19-37-62(68)63-38-20-23-41-69(63)73/h1-50H. The Hall–Kier alpha value is -9.54. The Bertz CT molecular complexity index is 4160. The van der Waals surface area contributed by atoms with Crippen LogP contribution in [0, 0.1) is 0 Å². The van der Waals surface area contributed by atoms with Gasteiger partial charge in [-0.1, -0.05) is 261 Å². The van der Waals surface area contributed by atoms with E-state index >= 15 is 0 Å². The number of hydrogen-bond donors (Lipinski definition) is 0. The lowest BCUT2D eigenvalue weighted by molar-refractivity contribution is 1.17. The van der Waals surface area contributed by atoms with Gasteiger partial charge in [0.1, 0.15) is 0 Å². The monoisotopic (exact) mass is 970 g/mol. The van der Waals surface area contributed by atoms with Gasteiger partial charge in [-0.3, -0.25) is 0 Å². The first-order chi connectivity index (χ1) is 37.2. The van der Waals surface area contributed by atoms with Crippen LogP contribution in [0.4, 0.5) is 0 Å². The maximum absolute atomic E-state index is 3.27. The van der Waals surface area contributed by atoms with Crippen molar-refractivity contribution in [2.24, 2.45) is 0 Å². The summed E-state index contributed by atoms with van der Waals surface area (Å²) in [6.45, 7) is 0. The van der Waals surface area contributed by atoms with Gasteiger partial charge in [-0.05, 0) is 96.6 Å². The van der Waals surface area contributed by atoms with Gasteiger partial charge in [0, 0.05) is 38.4 Å². The minimum atomic E-state index is -3.27. The van der Waals surface area contributed by atoms with Crippen molar-refractivity contribution >= 4 is 72.4 Å². The number of hydrogen-bond acceptors (Lipinski definition) is 0. The third kappa shape index (κ3) is 7.39. The van der Waals surface area contributed by atoms with Crippen LogP contribution in [-0.2, 0) is 0 Å². The van der Waals surface area contributed by atoms with Crippen LogP contribution in [0.25, 0.3) is 99.5 Å². The van der Waals surface area contributed by atoms with Gasteiger partial charge in [-0.25, -0.2) is 0 Å². The maximum atomic E-state index is 2.58. The van der Waals surface area contributed by atoms with Crippen molar-refractivity contribution in [1.29, 1.82) is 0 Å². The van der Waals surface area contributed by atoms with Crippen LogP contribution in [0.5, 0.6) is 0 Å². The van der Waals surface area contributed by atoms with Crippen molar-refractivity contribution in [3.8, 4) is 55.9 Å². The SMILES string of the molecule is c1ccc(-c2cc(-c3ccccc3)cc([Si](c3ccccc3)(c3ccccc3)c3cc(-c4ccccc4)c(-n4c5ccccc5c5cc(-n6c7ccccc7c7ccccc76)ccc54)c(-c4ccccc4)c3)c2)cc1. The summed E-state index contributed by atoms with van der Waals surface area (Å²) in [7, 11) is -3.27. The Morgan fingerprint density at radius 3 is 1.01 bits per heavy atom. The van der Waals surface area contributed by atoms with Gasteiger partial charge < -0.3 is 9.13 Å². The number of para-hydroxylation sites is 3. The molecule has 352 valence electrons. The van der Waals surface area contributed by atoms with Crippen LogP contribution in [0.3, 0.4) is 0 Å². The van der Waals surface area contributed by atoms with Crippen LogP contribution >= 0.6 is 0 Å². The molecule has 14 aromatic rings. The molecule has 0 fully saturated rings. The second kappa shape index (κ2) is 18.5. The van der Waals surface area contributed by atoms with Crippen LogP contribution < -0.4 is 20.7 Å². The van der Waals surface area contributed by atoms with E-state index in [-0.39, 0.29) is 0 Å². The molecule has 12 aromatic carbocycles. The van der Waals surface area contributed by atoms with Gasteiger partial charge in [0.15, 0.2) is 8.07 Å². The fourth-order valence-electron chi connectivity index (χ4n) is 12.1. The van der Waals surface area contributed by atoms with E-state index in [4.69, 9.17) is 0 Å². The van der Waals surface area contributed by atoms with Crippen molar-refractivity contribution in [1.82, 2.24) is 9.13 Å². The number of rotatable bonds is 10. The Kier molecular flexibility index (Phi) is 10.9. The molecule has 3 heteroatoms. The molecule has 0 saturated heterocycles. The first kappa shape index (κ1) is 44.2. The molecular weight excluding hydrogens is 921 g/mol. The van der Waals surface area contributed by atoms with Gasteiger partial charge in [-0.2, -0.15) is 0 Å². The highest BCUT2D eigenvalue weighted by molar-refractivity contribution is 7.20. The van der Waals surface area contributed by atoms with E-state index in [0.29, 0.717) is 0 Å². The van der Waals surface area contributed by atoms with Crippen molar-refractivity contribution in [3.05, 3.63) is 303 Å². The lowest BCUT2D eigenvalue weighted by Gasteiger charge is -2.36. The smallest absolute Gasteiger partial charge is 0.179 e. The van der Waals surface area contributed by atoms with Crippen molar-refractivity contribution in [2.75, 3.05) is 0 Å². The lowest BCUT2D eigenvalue weighted by atomic mass is 9.95. The molecule has 0 spiro atoms. The first-order valence-electron chi connectivity index (χ1n) is 25.9. The Labute approximate surface area is 438 Å². The number of aromatic nitrogens is 2. The predicted molar refractivity (Wildman–Crippen MR) is 320 cm³/mol. The molecule has 0 bridgehead atoms. The Balaban J connectivity index is 1.12. The van der Waals surface area contributed by atoms with E-state index in [1.807, 2.05) is 0 Å². The molecule has 2 nitrogen and oxygen atoms in total. The fraction of sp³-hybridized carbons (Fsp3) is 0. The molecule has 0 N–H and O–H groups in total. The molecule has 0 saturated carbocycles. The van der Waals surface area contributed by atoms with Gasteiger partial charge in [0.05, 0.1) is 27.8 Å². The summed E-state index contributed by atoms with van der Waals surface area (Å²) in [6, 6.07) is 113. The lowest BCUT2D eigenvalue weighted by Crippen LogP contribution is -2.74. The number of benzene rings is 12. The molecule has 0 radical (unpaired) electrons. The molecule has 2 heterocycles. The van der Waals surface area contributed by atoms with E-state index in [1.54, 1.807) is 0 Å². The van der Waals surface area contributed by atoms with Crippen LogP contribution in [-0.4, -0.2) is 17.2 Å². The summed E-state index contributed by atoms with van der Waals surface area (Å²) in [6.07, 6.45) is 0. The highest BCUT2D eigenvalue weighted by Gasteiger charge is 2.43. The molecule has 0 aliphatic carbocycles. The summed E-state index contributed by atoms with van der Waals surface area (Å²) in [5, 5.41) is 10.2. The first-order valence-corrected chi connectivity index (χ1v) is 27.9. The van der Waals surface area contributed by atoms with E-state index < -0.39 is 8.07 Å². The highest BCUT2D eigenvalue weighted by atomic mass is 28.3. The summed E-state index contributed by atoms with van der Waals surface area (Å²) in [5.74, 6) is 0. The van der Waals surface area contributed by atoms with Gasteiger partial charge >= 0.3 is 0 Å². The molecule has 0 aliphatic rings. The van der Waals surface area contributed by atoms with E-state index in [2.05, 4.69) is 312 Å². The molecule has 0 unspecified atom stereocenters. The van der Waals surface area contributed by atoms with Crippen LogP contribution in [0.15, 0.2) is 303 Å². The average molecular weight is 971 g/mol. The normalized spacial score (nSPS) is 11.7. The Morgan fingerprint density at radius 1 is 0.213 bits per heavy atom. The van der Waals surface area contributed by atoms with Crippen LogP contribution in [0.2, 0.25) is 0 Å². The van der Waals surface area contributed by atoms with Crippen LogP contribution in [0.1, 0.15) is 0 Å². The Morgan fingerprint density at radius 2 is 0.560 bits per heavy atom. The van der Waals surface area contributed by atoms with Crippen molar-refractivity contribution in [2.45, 2.75) is 0 Å². The van der Waals surface area contributed by atoms with Crippen molar-refractivity contribution in [3.63, 3.8) is 0 Å². The van der Waals surface area contributed by atoms with E-state index in [0.717, 1.165) is 33.5 Å². The molecule has 14 rings (SSSR count). The largest absolute Gasteiger partial charge is 0.309 e. The van der Waals surface area contributed by atoms with Gasteiger partial charge in [0.25, 0.3) is 0 Å². The molecule has 75 heavy (non-hydrogen) atoms. The zero-order valence-corrected chi connectivity index (χ0v) is 42.3. The predicted octanol–water partition coefficient (Wildman–Crippen LogP) is 15.9. The van der Waals surface area contributed by atoms with Gasteiger partial charge in [0.2, 0.25) is 0 Å². The average Bonchev–Trinajstić information content (AvgIpc) is 4.02. The van der Waals surface area contributed by atoms with Crippen molar-refractivity contribution < 1.29 is 0 Å². The van der Waals surface area contributed by atoms with E-state index in [1.165, 1.54) is 86.7 Å². The highest BCUT2D eigenvalue weighted by Crippen LogP contribution is 2.43. The zero-order valence-electron chi connectivity index (χ0n) is 41.3. The molecule has 0 amide bonds. The summed E-state index contributed by atoms with van der Waals surface area (Å²) in [4.78, 5) is 0. The van der Waals surface area contributed by atoms with E-state index in [9.17, 15) is 0 Å². The topological polar surface area (TPSA) is 9.86 Å².